The van der Waals surface area contributed by atoms with Gasteiger partial charge in [-0.1, -0.05) is 37.3 Å². The van der Waals surface area contributed by atoms with Gasteiger partial charge in [0.1, 0.15) is 5.01 Å². The average molecular weight is 260 g/mol. The molecule has 0 spiro atoms. The van der Waals surface area contributed by atoms with Crippen LogP contribution < -0.4 is 5.32 Å². The van der Waals surface area contributed by atoms with E-state index in [1.165, 1.54) is 17.0 Å². The average Bonchev–Trinajstić information content (AvgIpc) is 2.94. The standard InChI is InChI=1S/C15H20N2S/c1-2-14(15-17-11-12-18-15)16-10-6-9-13-7-4-3-5-8-13/h3-5,7-8,11-12,14,16H,2,6,9-10H2,1H3. The molecule has 0 amide bonds. The van der Waals surface area contributed by atoms with Crippen molar-refractivity contribution in [3.05, 3.63) is 52.5 Å². The molecule has 0 aliphatic heterocycles. The molecule has 0 aliphatic rings. The zero-order valence-electron chi connectivity index (χ0n) is 10.8. The fraction of sp³-hybridized carbons (Fsp3) is 0.400. The molecule has 1 N–H and O–H groups in total. The summed E-state index contributed by atoms with van der Waals surface area (Å²) in [6, 6.07) is 11.1. The number of hydrogen-bond donors (Lipinski definition) is 1. The number of thiazole rings is 1. The third-order valence-corrected chi connectivity index (χ3v) is 3.92. The van der Waals surface area contributed by atoms with Gasteiger partial charge in [0.25, 0.3) is 0 Å². The molecular formula is C15H20N2S. The maximum atomic E-state index is 4.38. The Morgan fingerprint density at radius 1 is 1.28 bits per heavy atom. The van der Waals surface area contributed by atoms with Gasteiger partial charge in [-0.15, -0.1) is 11.3 Å². The van der Waals surface area contributed by atoms with Crippen LogP contribution in [0.3, 0.4) is 0 Å². The van der Waals surface area contributed by atoms with Crippen molar-refractivity contribution in [3.8, 4) is 0 Å². The molecule has 1 aromatic carbocycles. The second-order valence-electron chi connectivity index (χ2n) is 4.37. The fourth-order valence-electron chi connectivity index (χ4n) is 2.03. The number of aromatic nitrogens is 1. The molecule has 2 rings (SSSR count). The largest absolute Gasteiger partial charge is 0.308 e. The molecule has 18 heavy (non-hydrogen) atoms. The predicted molar refractivity (Wildman–Crippen MR) is 77.9 cm³/mol. The third-order valence-electron chi connectivity index (χ3n) is 3.03. The molecule has 3 heteroatoms. The predicted octanol–water partition coefficient (Wildman–Crippen LogP) is 3.82. The minimum atomic E-state index is 0.417. The van der Waals surface area contributed by atoms with Gasteiger partial charge in [0.05, 0.1) is 6.04 Å². The Labute approximate surface area is 113 Å². The number of aryl methyl sites for hydroxylation is 1. The minimum absolute atomic E-state index is 0.417. The van der Waals surface area contributed by atoms with Crippen LogP contribution >= 0.6 is 11.3 Å². The monoisotopic (exact) mass is 260 g/mol. The maximum absolute atomic E-state index is 4.38. The van der Waals surface area contributed by atoms with Crippen LogP contribution in [0.1, 0.15) is 36.4 Å². The quantitative estimate of drug-likeness (QED) is 0.766. The Kier molecular flexibility index (Phi) is 5.36. The number of rotatable bonds is 7. The number of benzene rings is 1. The highest BCUT2D eigenvalue weighted by Gasteiger charge is 2.10. The summed E-state index contributed by atoms with van der Waals surface area (Å²) in [6.45, 7) is 3.25. The van der Waals surface area contributed by atoms with Crippen LogP contribution in [0.15, 0.2) is 41.9 Å². The smallest absolute Gasteiger partial charge is 0.109 e. The van der Waals surface area contributed by atoms with Gasteiger partial charge in [-0.3, -0.25) is 0 Å². The molecule has 0 fully saturated rings. The van der Waals surface area contributed by atoms with Crippen molar-refractivity contribution in [2.75, 3.05) is 6.54 Å². The molecule has 96 valence electrons. The van der Waals surface area contributed by atoms with Gasteiger partial charge in [0.15, 0.2) is 0 Å². The highest BCUT2D eigenvalue weighted by Crippen LogP contribution is 2.18. The van der Waals surface area contributed by atoms with Crippen molar-refractivity contribution in [1.82, 2.24) is 10.3 Å². The Hall–Kier alpha value is -1.19. The molecule has 0 bridgehead atoms. The maximum Gasteiger partial charge on any atom is 0.109 e. The van der Waals surface area contributed by atoms with Crippen LogP contribution in [0.4, 0.5) is 0 Å². The first kappa shape index (κ1) is 13.2. The lowest BCUT2D eigenvalue weighted by atomic mass is 10.1. The first-order chi connectivity index (χ1) is 8.90. The van der Waals surface area contributed by atoms with Crippen LogP contribution in [0.25, 0.3) is 0 Å². The summed E-state index contributed by atoms with van der Waals surface area (Å²) < 4.78 is 0. The van der Waals surface area contributed by atoms with Gasteiger partial charge in [-0.05, 0) is 31.4 Å². The van der Waals surface area contributed by atoms with E-state index in [1.54, 1.807) is 11.3 Å². The lowest BCUT2D eigenvalue weighted by Gasteiger charge is -2.14. The summed E-state index contributed by atoms with van der Waals surface area (Å²) >= 11 is 1.74. The Morgan fingerprint density at radius 2 is 2.11 bits per heavy atom. The van der Waals surface area contributed by atoms with Gasteiger partial charge in [-0.2, -0.15) is 0 Å². The van der Waals surface area contributed by atoms with Gasteiger partial charge >= 0.3 is 0 Å². The van der Waals surface area contributed by atoms with Crippen LogP contribution in [0, 0.1) is 0 Å². The van der Waals surface area contributed by atoms with E-state index in [4.69, 9.17) is 0 Å². The van der Waals surface area contributed by atoms with Crippen molar-refractivity contribution < 1.29 is 0 Å². The summed E-state index contributed by atoms with van der Waals surface area (Å²) in [5.74, 6) is 0. The van der Waals surface area contributed by atoms with Gasteiger partial charge in [0, 0.05) is 11.6 Å². The van der Waals surface area contributed by atoms with Gasteiger partial charge < -0.3 is 5.32 Å². The first-order valence-corrected chi connectivity index (χ1v) is 7.45. The van der Waals surface area contributed by atoms with E-state index in [2.05, 4.69) is 47.6 Å². The molecular weight excluding hydrogens is 240 g/mol. The van der Waals surface area contributed by atoms with Crippen molar-refractivity contribution in [3.63, 3.8) is 0 Å². The van der Waals surface area contributed by atoms with Crippen LogP contribution in [-0.4, -0.2) is 11.5 Å². The Balaban J connectivity index is 1.71. The lowest BCUT2D eigenvalue weighted by Crippen LogP contribution is -2.22. The van der Waals surface area contributed by atoms with E-state index >= 15 is 0 Å². The topological polar surface area (TPSA) is 24.9 Å². The SMILES string of the molecule is CCC(NCCCc1ccccc1)c1nccs1. The van der Waals surface area contributed by atoms with Gasteiger partial charge in [0.2, 0.25) is 0 Å². The van der Waals surface area contributed by atoms with E-state index in [-0.39, 0.29) is 0 Å². The first-order valence-electron chi connectivity index (χ1n) is 6.57. The second-order valence-corrected chi connectivity index (χ2v) is 5.30. The number of nitrogens with zero attached hydrogens (tertiary/aromatic N) is 1. The molecule has 1 unspecified atom stereocenters. The Morgan fingerprint density at radius 3 is 2.78 bits per heavy atom. The molecule has 2 aromatic rings. The van der Waals surface area contributed by atoms with E-state index in [1.807, 2.05) is 11.6 Å². The highest BCUT2D eigenvalue weighted by molar-refractivity contribution is 7.09. The molecule has 0 aliphatic carbocycles. The summed E-state index contributed by atoms with van der Waals surface area (Å²) in [7, 11) is 0. The van der Waals surface area contributed by atoms with Crippen LogP contribution in [0.2, 0.25) is 0 Å². The normalized spacial score (nSPS) is 12.5. The van der Waals surface area contributed by atoms with E-state index < -0.39 is 0 Å². The van der Waals surface area contributed by atoms with Crippen LogP contribution in [0.5, 0.6) is 0 Å². The second kappa shape index (κ2) is 7.29. The van der Waals surface area contributed by atoms with E-state index in [0.29, 0.717) is 6.04 Å². The van der Waals surface area contributed by atoms with Crippen molar-refractivity contribution in [1.29, 1.82) is 0 Å². The minimum Gasteiger partial charge on any atom is -0.308 e. The Bertz CT molecular complexity index is 425. The number of hydrogen-bond acceptors (Lipinski definition) is 3. The van der Waals surface area contributed by atoms with Crippen molar-refractivity contribution >= 4 is 11.3 Å². The van der Waals surface area contributed by atoms with E-state index in [9.17, 15) is 0 Å². The van der Waals surface area contributed by atoms with Crippen LogP contribution in [-0.2, 0) is 6.42 Å². The summed E-state index contributed by atoms with van der Waals surface area (Å²) in [6.07, 6.45) is 5.29. The zero-order chi connectivity index (χ0) is 12.6. The molecule has 0 saturated carbocycles. The summed E-state index contributed by atoms with van der Waals surface area (Å²) in [5, 5.41) is 6.84. The molecule has 1 atom stereocenters. The van der Waals surface area contributed by atoms with Crippen molar-refractivity contribution in [2.24, 2.45) is 0 Å². The lowest BCUT2D eigenvalue weighted by molar-refractivity contribution is 0.508. The highest BCUT2D eigenvalue weighted by atomic mass is 32.1. The molecule has 0 saturated heterocycles. The molecule has 1 heterocycles. The zero-order valence-corrected chi connectivity index (χ0v) is 11.6. The molecule has 1 aromatic heterocycles. The summed E-state index contributed by atoms with van der Waals surface area (Å²) in [5.41, 5.74) is 1.42. The van der Waals surface area contributed by atoms with Gasteiger partial charge in [-0.25, -0.2) is 4.98 Å². The molecule has 2 nitrogen and oxygen atoms in total. The third kappa shape index (κ3) is 3.93. The summed E-state index contributed by atoms with van der Waals surface area (Å²) in [4.78, 5) is 4.38. The number of nitrogens with one attached hydrogen (secondary N) is 1. The molecule has 0 radical (unpaired) electrons. The van der Waals surface area contributed by atoms with Crippen molar-refractivity contribution in [2.45, 2.75) is 32.2 Å². The fourth-order valence-corrected chi connectivity index (χ4v) is 2.82. The van der Waals surface area contributed by atoms with E-state index in [0.717, 1.165) is 19.4 Å².